The van der Waals surface area contributed by atoms with Gasteiger partial charge in [-0.25, -0.2) is 4.98 Å². The van der Waals surface area contributed by atoms with Crippen LogP contribution in [0, 0.1) is 11.3 Å². The smallest absolute Gasteiger partial charge is 0.155 e. The molecule has 6 nitrogen and oxygen atoms in total. The highest BCUT2D eigenvalue weighted by Crippen LogP contribution is 2.24. The van der Waals surface area contributed by atoms with E-state index < -0.39 is 6.10 Å². The highest BCUT2D eigenvalue weighted by molar-refractivity contribution is 5.75. The molecule has 1 aliphatic heterocycles. The van der Waals surface area contributed by atoms with Crippen molar-refractivity contribution in [2.24, 2.45) is 4.99 Å². The van der Waals surface area contributed by atoms with Crippen molar-refractivity contribution in [1.82, 2.24) is 9.55 Å². The van der Waals surface area contributed by atoms with Crippen LogP contribution >= 0.6 is 0 Å². The molecule has 2 heterocycles. The third-order valence-corrected chi connectivity index (χ3v) is 3.20. The molecule has 2 rings (SSSR count). The Labute approximate surface area is 112 Å². The van der Waals surface area contributed by atoms with Gasteiger partial charge < -0.3 is 15.0 Å². The Kier molecular flexibility index (Phi) is 4.93. The van der Waals surface area contributed by atoms with E-state index in [1.54, 1.807) is 12.7 Å². The Balaban J connectivity index is 1.85. The van der Waals surface area contributed by atoms with E-state index >= 15 is 0 Å². The number of unbranched alkanes of at least 4 members (excludes halogenated alkanes) is 4. The van der Waals surface area contributed by atoms with E-state index in [-0.39, 0.29) is 0 Å². The van der Waals surface area contributed by atoms with Crippen molar-refractivity contribution in [2.45, 2.75) is 44.8 Å². The number of hydrogen-bond acceptors (Lipinski definition) is 5. The van der Waals surface area contributed by atoms with Gasteiger partial charge in [-0.05, 0) is 12.8 Å². The lowest BCUT2D eigenvalue weighted by atomic mass is 10.1. The molecule has 0 amide bonds. The number of nitrogens with zero attached hydrogens (tertiary/aromatic N) is 4. The lowest BCUT2D eigenvalue weighted by molar-refractivity contribution is 0.178. The number of imidazole rings is 1. The molecule has 0 aromatic carbocycles. The van der Waals surface area contributed by atoms with Gasteiger partial charge >= 0.3 is 0 Å². The molecule has 0 aliphatic carbocycles. The highest BCUT2D eigenvalue weighted by atomic mass is 16.3. The topological polar surface area (TPSA) is 86.2 Å². The summed E-state index contributed by atoms with van der Waals surface area (Å²) in [7, 11) is 0. The van der Waals surface area contributed by atoms with Gasteiger partial charge in [0.1, 0.15) is 6.10 Å². The molecule has 0 radical (unpaired) electrons. The van der Waals surface area contributed by atoms with E-state index in [0.717, 1.165) is 37.9 Å². The summed E-state index contributed by atoms with van der Waals surface area (Å²) in [4.78, 5) is 8.29. The largest absolute Gasteiger partial charge is 0.385 e. The van der Waals surface area contributed by atoms with Gasteiger partial charge in [0.2, 0.25) is 0 Å². The fourth-order valence-corrected chi connectivity index (χ4v) is 2.22. The van der Waals surface area contributed by atoms with Crippen LogP contribution < -0.4 is 5.32 Å². The molecular formula is C13H19N5O. The summed E-state index contributed by atoms with van der Waals surface area (Å²) in [6.07, 6.45) is 7.55. The number of hydrogen-bond donors (Lipinski definition) is 2. The number of anilines is 1. The van der Waals surface area contributed by atoms with Gasteiger partial charge in [-0.15, -0.1) is 0 Å². The number of aliphatic hydroxyl groups excluding tert-OH is 1. The zero-order chi connectivity index (χ0) is 13.5. The number of rotatable bonds is 6. The summed E-state index contributed by atoms with van der Waals surface area (Å²) in [6, 6.07) is 2.16. The molecule has 1 aromatic rings. The average molecular weight is 261 g/mol. The van der Waals surface area contributed by atoms with Gasteiger partial charge in [-0.2, -0.15) is 5.26 Å². The molecule has 2 N–H and O–H groups in total. The van der Waals surface area contributed by atoms with Gasteiger partial charge in [-0.3, -0.25) is 4.99 Å². The maximum atomic E-state index is 10.0. The number of aliphatic hydroxyl groups is 1. The van der Waals surface area contributed by atoms with Crippen molar-refractivity contribution >= 4 is 12.2 Å². The minimum absolute atomic E-state index is 0.369. The highest BCUT2D eigenvalue weighted by Gasteiger charge is 2.20. The maximum absolute atomic E-state index is 10.0. The van der Waals surface area contributed by atoms with Crippen LogP contribution in [-0.4, -0.2) is 27.5 Å². The summed E-state index contributed by atoms with van der Waals surface area (Å²) in [5.41, 5.74) is 0.814. The molecule has 0 saturated heterocycles. The van der Waals surface area contributed by atoms with Crippen LogP contribution in [0.25, 0.3) is 0 Å². The Hall–Kier alpha value is -1.87. The van der Waals surface area contributed by atoms with E-state index in [1.165, 1.54) is 0 Å². The number of fused-ring (bicyclic) bond motifs is 1. The standard InChI is InChI=1S/C13H19N5O/c14-6-4-2-1-3-5-7-18-10-17-13-12(18)11(19)8-15-9-16-13/h9-11,19H,1-5,7-8H2,(H,15,16). The summed E-state index contributed by atoms with van der Waals surface area (Å²) in [6.45, 7) is 1.21. The number of nitrogens with one attached hydrogen (secondary N) is 1. The molecule has 1 aliphatic rings. The summed E-state index contributed by atoms with van der Waals surface area (Å²) >= 11 is 0. The third kappa shape index (κ3) is 3.55. The lowest BCUT2D eigenvalue weighted by Gasteiger charge is -2.12. The van der Waals surface area contributed by atoms with Crippen molar-refractivity contribution in [1.29, 1.82) is 5.26 Å². The van der Waals surface area contributed by atoms with Crippen LogP contribution in [0.3, 0.4) is 0 Å². The molecule has 1 aromatic heterocycles. The van der Waals surface area contributed by atoms with Crippen LogP contribution in [0.1, 0.15) is 43.9 Å². The number of aromatic nitrogens is 2. The quantitative estimate of drug-likeness (QED) is 0.765. The van der Waals surface area contributed by atoms with Crippen molar-refractivity contribution in [3.8, 4) is 6.07 Å². The van der Waals surface area contributed by atoms with Crippen molar-refractivity contribution in [2.75, 3.05) is 11.9 Å². The van der Waals surface area contributed by atoms with E-state index in [2.05, 4.69) is 21.4 Å². The van der Waals surface area contributed by atoms with Gasteiger partial charge in [0.05, 0.1) is 31.0 Å². The van der Waals surface area contributed by atoms with Crippen molar-refractivity contribution < 1.29 is 5.11 Å². The minimum Gasteiger partial charge on any atom is -0.385 e. The fourth-order valence-electron chi connectivity index (χ4n) is 2.22. The molecule has 102 valence electrons. The van der Waals surface area contributed by atoms with E-state index in [9.17, 15) is 5.11 Å². The molecule has 0 saturated carbocycles. The zero-order valence-electron chi connectivity index (χ0n) is 10.9. The Bertz CT molecular complexity index is 474. The monoisotopic (exact) mass is 261 g/mol. The molecule has 1 unspecified atom stereocenters. The first-order chi connectivity index (χ1) is 9.33. The molecule has 1 atom stereocenters. The number of nitriles is 1. The van der Waals surface area contributed by atoms with Gasteiger partial charge in [0.25, 0.3) is 0 Å². The minimum atomic E-state index is -0.595. The normalized spacial score (nSPS) is 17.4. The zero-order valence-corrected chi connectivity index (χ0v) is 10.9. The first-order valence-electron chi connectivity index (χ1n) is 6.68. The van der Waals surface area contributed by atoms with Crippen molar-refractivity contribution in [3.05, 3.63) is 12.0 Å². The predicted octanol–water partition coefficient (Wildman–Crippen LogP) is 1.84. The average Bonchev–Trinajstić information content (AvgIpc) is 2.72. The molecule has 19 heavy (non-hydrogen) atoms. The Morgan fingerprint density at radius 1 is 1.42 bits per heavy atom. The number of aryl methyl sites for hydroxylation is 1. The van der Waals surface area contributed by atoms with Gasteiger partial charge in [0, 0.05) is 13.0 Å². The summed E-state index contributed by atoms with van der Waals surface area (Å²) in [5.74, 6) is 0.693. The first kappa shape index (κ1) is 13.6. The van der Waals surface area contributed by atoms with Crippen LogP contribution in [0.5, 0.6) is 0 Å². The summed E-state index contributed by atoms with van der Waals surface area (Å²) < 4.78 is 1.99. The number of aliphatic imine (C=N–C) groups is 1. The predicted molar refractivity (Wildman–Crippen MR) is 72.9 cm³/mol. The van der Waals surface area contributed by atoms with Crippen molar-refractivity contribution in [3.63, 3.8) is 0 Å². The van der Waals surface area contributed by atoms with Gasteiger partial charge in [-0.1, -0.05) is 12.8 Å². The maximum Gasteiger partial charge on any atom is 0.155 e. The second-order valence-corrected chi connectivity index (χ2v) is 4.65. The van der Waals surface area contributed by atoms with Gasteiger partial charge in [0.15, 0.2) is 5.82 Å². The lowest BCUT2D eigenvalue weighted by Crippen LogP contribution is -2.10. The second kappa shape index (κ2) is 6.90. The first-order valence-corrected chi connectivity index (χ1v) is 6.68. The molecule has 0 fully saturated rings. The van der Waals surface area contributed by atoms with Crippen LogP contribution in [0.15, 0.2) is 11.3 Å². The molecule has 0 spiro atoms. The molecule has 0 bridgehead atoms. The second-order valence-electron chi connectivity index (χ2n) is 4.65. The van der Waals surface area contributed by atoms with E-state index in [4.69, 9.17) is 5.26 Å². The molecular weight excluding hydrogens is 242 g/mol. The van der Waals surface area contributed by atoms with Crippen LogP contribution in [0.4, 0.5) is 5.82 Å². The van der Waals surface area contributed by atoms with Crippen LogP contribution in [-0.2, 0) is 6.54 Å². The SMILES string of the molecule is N#CCCCCCCn1cnc2c1C(O)CN=CN2. The van der Waals surface area contributed by atoms with E-state index in [0.29, 0.717) is 18.8 Å². The van der Waals surface area contributed by atoms with Crippen LogP contribution in [0.2, 0.25) is 0 Å². The fraction of sp³-hybridized carbons (Fsp3) is 0.615. The Morgan fingerprint density at radius 3 is 3.11 bits per heavy atom. The summed E-state index contributed by atoms with van der Waals surface area (Å²) in [5, 5.41) is 21.5. The Morgan fingerprint density at radius 2 is 2.26 bits per heavy atom. The van der Waals surface area contributed by atoms with E-state index in [1.807, 2.05) is 4.57 Å². The third-order valence-electron chi connectivity index (χ3n) is 3.20. The molecule has 6 heteroatoms.